The molecule has 24 heavy (non-hydrogen) atoms. The van der Waals surface area contributed by atoms with Gasteiger partial charge in [-0.1, -0.05) is 0 Å². The van der Waals surface area contributed by atoms with Gasteiger partial charge in [0, 0.05) is 17.2 Å². The lowest BCUT2D eigenvalue weighted by Crippen LogP contribution is -2.24. The molecule has 1 saturated carbocycles. The third-order valence-corrected chi connectivity index (χ3v) is 4.06. The van der Waals surface area contributed by atoms with Crippen LogP contribution < -0.4 is 16.0 Å². The van der Waals surface area contributed by atoms with Crippen LogP contribution in [0.15, 0.2) is 23.0 Å². The standard InChI is InChI=1S/C17H14N4O3/c18-7-12-15(13(8-19)17(23)21-16(12)20)11-5-4-10(6-14(11)22)24-9-2-1-3-9/h4-6,9,22H,1-3H2,(H3,20,21,23). The van der Waals surface area contributed by atoms with Crippen LogP contribution >= 0.6 is 0 Å². The number of nitrogens with one attached hydrogen (secondary N) is 1. The Morgan fingerprint density at radius 3 is 2.50 bits per heavy atom. The molecule has 2 aromatic rings. The van der Waals surface area contributed by atoms with Crippen LogP contribution in [0.5, 0.6) is 11.5 Å². The largest absolute Gasteiger partial charge is 0.507 e. The van der Waals surface area contributed by atoms with Crippen molar-refractivity contribution in [1.82, 2.24) is 4.98 Å². The smallest absolute Gasteiger partial charge is 0.268 e. The van der Waals surface area contributed by atoms with Crippen LogP contribution in [0, 0.1) is 22.7 Å². The fourth-order valence-corrected chi connectivity index (χ4v) is 2.59. The number of pyridine rings is 1. The summed E-state index contributed by atoms with van der Waals surface area (Å²) in [6.07, 6.45) is 3.22. The summed E-state index contributed by atoms with van der Waals surface area (Å²) in [5, 5.41) is 28.9. The van der Waals surface area contributed by atoms with Crippen molar-refractivity contribution in [2.45, 2.75) is 25.4 Å². The van der Waals surface area contributed by atoms with Crippen LogP contribution in [0.2, 0.25) is 0 Å². The van der Waals surface area contributed by atoms with E-state index in [2.05, 4.69) is 4.98 Å². The molecule has 0 radical (unpaired) electrons. The molecule has 0 amide bonds. The van der Waals surface area contributed by atoms with Gasteiger partial charge in [0.2, 0.25) is 0 Å². The molecule has 120 valence electrons. The number of anilines is 1. The fourth-order valence-electron chi connectivity index (χ4n) is 2.59. The molecule has 1 aliphatic carbocycles. The Hall–Kier alpha value is -3.45. The van der Waals surface area contributed by atoms with Crippen molar-refractivity contribution >= 4 is 5.82 Å². The number of H-pyrrole nitrogens is 1. The molecule has 0 bridgehead atoms. The van der Waals surface area contributed by atoms with Crippen LogP contribution in [0.4, 0.5) is 5.82 Å². The van der Waals surface area contributed by atoms with E-state index >= 15 is 0 Å². The molecule has 7 heteroatoms. The summed E-state index contributed by atoms with van der Waals surface area (Å²) in [5.41, 5.74) is 4.83. The van der Waals surface area contributed by atoms with Gasteiger partial charge in [-0.05, 0) is 31.4 Å². The van der Waals surface area contributed by atoms with E-state index in [0.717, 1.165) is 19.3 Å². The highest BCUT2D eigenvalue weighted by molar-refractivity contribution is 5.83. The van der Waals surface area contributed by atoms with Gasteiger partial charge < -0.3 is 20.6 Å². The third kappa shape index (κ3) is 2.53. The second-order valence-electron chi connectivity index (χ2n) is 5.57. The Bertz CT molecular complexity index is 946. The average Bonchev–Trinajstić information content (AvgIpc) is 2.51. The maximum atomic E-state index is 11.9. The van der Waals surface area contributed by atoms with Gasteiger partial charge in [-0.25, -0.2) is 0 Å². The normalized spacial score (nSPS) is 13.6. The van der Waals surface area contributed by atoms with Crippen LogP contribution in [0.25, 0.3) is 11.1 Å². The van der Waals surface area contributed by atoms with Gasteiger partial charge in [0.25, 0.3) is 5.56 Å². The van der Waals surface area contributed by atoms with Gasteiger partial charge in [-0.3, -0.25) is 4.79 Å². The van der Waals surface area contributed by atoms with Gasteiger partial charge in [0.05, 0.1) is 6.10 Å². The minimum Gasteiger partial charge on any atom is -0.507 e. The lowest BCUT2D eigenvalue weighted by atomic mass is 9.95. The molecule has 1 heterocycles. The van der Waals surface area contributed by atoms with Gasteiger partial charge in [0.15, 0.2) is 0 Å². The number of nitrogen functional groups attached to an aromatic ring is 1. The predicted octanol–water partition coefficient (Wildman–Crippen LogP) is 2.00. The molecule has 4 N–H and O–H groups in total. The van der Waals surface area contributed by atoms with Gasteiger partial charge >= 0.3 is 0 Å². The first-order valence-electron chi connectivity index (χ1n) is 7.41. The van der Waals surface area contributed by atoms with Crippen molar-refractivity contribution in [2.75, 3.05) is 5.73 Å². The summed E-state index contributed by atoms with van der Waals surface area (Å²) in [7, 11) is 0. The van der Waals surface area contributed by atoms with Gasteiger partial charge in [0.1, 0.15) is 40.6 Å². The van der Waals surface area contributed by atoms with E-state index in [4.69, 9.17) is 10.5 Å². The zero-order valence-corrected chi connectivity index (χ0v) is 12.7. The molecular formula is C17H14N4O3. The zero-order chi connectivity index (χ0) is 17.3. The highest BCUT2D eigenvalue weighted by Gasteiger charge is 2.22. The van der Waals surface area contributed by atoms with Crippen molar-refractivity contribution in [1.29, 1.82) is 10.5 Å². The number of benzene rings is 1. The van der Waals surface area contributed by atoms with Crippen molar-refractivity contribution in [3.8, 4) is 34.8 Å². The maximum Gasteiger partial charge on any atom is 0.268 e. The molecule has 1 aliphatic rings. The molecule has 0 saturated heterocycles. The van der Waals surface area contributed by atoms with Crippen molar-refractivity contribution in [3.63, 3.8) is 0 Å². The summed E-state index contributed by atoms with van der Waals surface area (Å²) in [5.74, 6) is 0.159. The topological polar surface area (TPSA) is 136 Å². The number of phenols is 1. The van der Waals surface area contributed by atoms with Gasteiger partial charge in [-0.15, -0.1) is 0 Å². The number of hydrogen-bond donors (Lipinski definition) is 3. The molecule has 7 nitrogen and oxygen atoms in total. The molecule has 1 fully saturated rings. The predicted molar refractivity (Wildman–Crippen MR) is 86.3 cm³/mol. The van der Waals surface area contributed by atoms with Crippen LogP contribution in [0.1, 0.15) is 30.4 Å². The van der Waals surface area contributed by atoms with Crippen molar-refractivity contribution in [3.05, 3.63) is 39.7 Å². The highest BCUT2D eigenvalue weighted by Crippen LogP contribution is 2.37. The highest BCUT2D eigenvalue weighted by atomic mass is 16.5. The van der Waals surface area contributed by atoms with Gasteiger partial charge in [-0.2, -0.15) is 10.5 Å². The fraction of sp³-hybridized carbons (Fsp3) is 0.235. The first-order chi connectivity index (χ1) is 11.5. The number of ether oxygens (including phenoxy) is 1. The summed E-state index contributed by atoms with van der Waals surface area (Å²) >= 11 is 0. The molecule has 0 spiro atoms. The Morgan fingerprint density at radius 2 is 1.96 bits per heavy atom. The first kappa shape index (κ1) is 15.4. The number of aromatic hydroxyl groups is 1. The minimum atomic E-state index is -0.710. The van der Waals surface area contributed by atoms with E-state index in [1.165, 1.54) is 12.1 Å². The number of nitriles is 2. The Morgan fingerprint density at radius 1 is 1.25 bits per heavy atom. The van der Waals surface area contributed by atoms with E-state index in [1.54, 1.807) is 12.1 Å². The molecular weight excluding hydrogens is 308 g/mol. The molecule has 3 rings (SSSR count). The van der Waals surface area contributed by atoms with E-state index < -0.39 is 5.56 Å². The number of hydrogen-bond acceptors (Lipinski definition) is 6. The van der Waals surface area contributed by atoms with Crippen molar-refractivity contribution in [2.24, 2.45) is 0 Å². The quantitative estimate of drug-likeness (QED) is 0.790. The number of nitrogens with two attached hydrogens (primary N) is 1. The second-order valence-corrected chi connectivity index (χ2v) is 5.57. The third-order valence-electron chi connectivity index (χ3n) is 4.06. The lowest BCUT2D eigenvalue weighted by Gasteiger charge is -2.26. The minimum absolute atomic E-state index is 0.0222. The number of aromatic nitrogens is 1. The lowest BCUT2D eigenvalue weighted by molar-refractivity contribution is 0.120. The van der Waals surface area contributed by atoms with E-state index in [9.17, 15) is 20.4 Å². The molecule has 1 aromatic carbocycles. The molecule has 0 aliphatic heterocycles. The number of rotatable bonds is 3. The average molecular weight is 322 g/mol. The number of nitrogens with zero attached hydrogens (tertiary/aromatic N) is 2. The molecule has 0 unspecified atom stereocenters. The number of aromatic amines is 1. The summed E-state index contributed by atoms with van der Waals surface area (Å²) in [4.78, 5) is 14.2. The monoisotopic (exact) mass is 322 g/mol. The summed E-state index contributed by atoms with van der Waals surface area (Å²) in [6, 6.07) is 8.19. The van der Waals surface area contributed by atoms with Crippen LogP contribution in [0.3, 0.4) is 0 Å². The first-order valence-corrected chi connectivity index (χ1v) is 7.41. The van der Waals surface area contributed by atoms with Crippen LogP contribution in [-0.2, 0) is 0 Å². The summed E-state index contributed by atoms with van der Waals surface area (Å²) < 4.78 is 5.70. The number of phenolic OH excluding ortho intramolecular Hbond substituents is 1. The SMILES string of the molecule is N#Cc1c(N)[nH]c(=O)c(C#N)c1-c1ccc(OC2CCC2)cc1O. The molecule has 1 aromatic heterocycles. The zero-order valence-electron chi connectivity index (χ0n) is 12.7. The van der Waals surface area contributed by atoms with Crippen molar-refractivity contribution < 1.29 is 9.84 Å². The second kappa shape index (κ2) is 5.98. The van der Waals surface area contributed by atoms with E-state index in [-0.39, 0.29) is 39.9 Å². The molecule has 0 atom stereocenters. The van der Waals surface area contributed by atoms with E-state index in [1.807, 2.05) is 6.07 Å². The Kier molecular flexibility index (Phi) is 3.85. The van der Waals surface area contributed by atoms with Crippen LogP contribution in [-0.4, -0.2) is 16.2 Å². The Balaban J connectivity index is 2.14. The Labute approximate surface area is 137 Å². The maximum absolute atomic E-state index is 11.9. The van der Waals surface area contributed by atoms with E-state index in [0.29, 0.717) is 5.75 Å². The summed E-state index contributed by atoms with van der Waals surface area (Å²) in [6.45, 7) is 0.